The molecular formula is C21H20F3NO4. The third kappa shape index (κ3) is 3.87. The number of fused-ring (bicyclic) bond motifs is 1. The molecule has 1 N–H and O–H groups in total. The second-order valence-electron chi connectivity index (χ2n) is 6.31. The molecule has 1 aromatic heterocycles. The number of halogens is 3. The highest BCUT2D eigenvalue weighted by molar-refractivity contribution is 5.91. The lowest BCUT2D eigenvalue weighted by Crippen LogP contribution is -2.15. The van der Waals surface area contributed by atoms with Crippen molar-refractivity contribution in [2.45, 2.75) is 19.5 Å². The maximum absolute atomic E-state index is 13.6. The highest BCUT2D eigenvalue weighted by Crippen LogP contribution is 2.38. The fourth-order valence-corrected chi connectivity index (χ4v) is 3.10. The molecule has 0 aliphatic rings. The van der Waals surface area contributed by atoms with Crippen molar-refractivity contribution >= 4 is 10.9 Å². The lowest BCUT2D eigenvalue weighted by atomic mass is 10.00. The zero-order valence-corrected chi connectivity index (χ0v) is 16.1. The van der Waals surface area contributed by atoms with Gasteiger partial charge in [-0.3, -0.25) is 4.79 Å². The van der Waals surface area contributed by atoms with E-state index in [0.717, 1.165) is 6.07 Å². The molecule has 0 atom stereocenters. The first-order chi connectivity index (χ1) is 13.8. The fraction of sp³-hybridized carbons (Fsp3) is 0.286. The van der Waals surface area contributed by atoms with Crippen LogP contribution in [0.3, 0.4) is 0 Å². The summed E-state index contributed by atoms with van der Waals surface area (Å²) in [5.41, 5.74) is -1.38. The van der Waals surface area contributed by atoms with Gasteiger partial charge in [0.15, 0.2) is 5.43 Å². The molecule has 8 heteroatoms. The summed E-state index contributed by atoms with van der Waals surface area (Å²) in [5, 5.41) is -0.471. The van der Waals surface area contributed by atoms with Crippen molar-refractivity contribution in [3.8, 4) is 28.4 Å². The summed E-state index contributed by atoms with van der Waals surface area (Å²) in [7, 11) is 2.88. The number of hydrogen-bond donors (Lipinski definition) is 1. The van der Waals surface area contributed by atoms with E-state index in [1.165, 1.54) is 26.5 Å². The first-order valence-corrected chi connectivity index (χ1v) is 8.92. The van der Waals surface area contributed by atoms with Crippen molar-refractivity contribution < 1.29 is 27.4 Å². The van der Waals surface area contributed by atoms with E-state index in [1.807, 2.05) is 6.92 Å². The molecule has 0 saturated carbocycles. The van der Waals surface area contributed by atoms with Crippen LogP contribution in [-0.2, 0) is 6.18 Å². The van der Waals surface area contributed by atoms with Gasteiger partial charge in [0, 0.05) is 23.4 Å². The molecule has 3 aromatic rings. The highest BCUT2D eigenvalue weighted by Gasteiger charge is 2.35. The average molecular weight is 407 g/mol. The molecule has 0 aliphatic carbocycles. The quantitative estimate of drug-likeness (QED) is 0.623. The molecule has 0 amide bonds. The van der Waals surface area contributed by atoms with Crippen LogP contribution in [0.5, 0.6) is 17.2 Å². The Kier molecular flexibility index (Phi) is 5.72. The summed E-state index contributed by atoms with van der Waals surface area (Å²) >= 11 is 0. The van der Waals surface area contributed by atoms with E-state index in [-0.39, 0.29) is 16.8 Å². The fourth-order valence-electron chi connectivity index (χ4n) is 3.10. The Morgan fingerprint density at radius 1 is 1.00 bits per heavy atom. The van der Waals surface area contributed by atoms with Crippen LogP contribution >= 0.6 is 0 Å². The summed E-state index contributed by atoms with van der Waals surface area (Å²) in [6.45, 7) is 2.19. The van der Waals surface area contributed by atoms with Crippen molar-refractivity contribution in [1.82, 2.24) is 4.98 Å². The van der Waals surface area contributed by atoms with Gasteiger partial charge in [0.2, 0.25) is 0 Å². The van der Waals surface area contributed by atoms with Crippen LogP contribution in [-0.4, -0.2) is 25.8 Å². The normalized spacial score (nSPS) is 11.5. The Balaban J connectivity index is 2.32. The number of nitrogens with one attached hydrogen (secondary N) is 1. The van der Waals surface area contributed by atoms with Gasteiger partial charge in [-0.2, -0.15) is 13.2 Å². The molecule has 0 fully saturated rings. The Morgan fingerprint density at radius 2 is 1.76 bits per heavy atom. The summed E-state index contributed by atoms with van der Waals surface area (Å²) in [4.78, 5) is 16.0. The molecule has 5 nitrogen and oxygen atoms in total. The van der Waals surface area contributed by atoms with Crippen molar-refractivity contribution in [3.05, 3.63) is 52.3 Å². The van der Waals surface area contributed by atoms with E-state index < -0.39 is 22.6 Å². The number of rotatable bonds is 6. The third-order valence-electron chi connectivity index (χ3n) is 4.47. The van der Waals surface area contributed by atoms with Gasteiger partial charge in [0.05, 0.1) is 37.3 Å². The van der Waals surface area contributed by atoms with Crippen molar-refractivity contribution in [2.75, 3.05) is 20.8 Å². The minimum Gasteiger partial charge on any atom is -0.497 e. The summed E-state index contributed by atoms with van der Waals surface area (Å²) in [6, 6.07) is 6.83. The summed E-state index contributed by atoms with van der Waals surface area (Å²) < 4.78 is 56.8. The number of aromatic amines is 1. The Morgan fingerprint density at radius 3 is 2.38 bits per heavy atom. The Labute approximate surface area is 165 Å². The van der Waals surface area contributed by atoms with E-state index >= 15 is 0 Å². The lowest BCUT2D eigenvalue weighted by molar-refractivity contribution is -0.136. The number of alkyl halides is 3. The molecule has 2 aromatic carbocycles. The maximum atomic E-state index is 13.6. The molecule has 0 spiro atoms. The van der Waals surface area contributed by atoms with Crippen LogP contribution in [0.2, 0.25) is 0 Å². The first kappa shape index (κ1) is 20.6. The zero-order valence-electron chi connectivity index (χ0n) is 16.1. The predicted octanol–water partition coefficient (Wildman–Crippen LogP) is 5.02. The monoisotopic (exact) mass is 407 g/mol. The third-order valence-corrected chi connectivity index (χ3v) is 4.47. The lowest BCUT2D eigenvalue weighted by Gasteiger charge is -2.15. The first-order valence-electron chi connectivity index (χ1n) is 8.92. The number of H-pyrrole nitrogens is 1. The molecular weight excluding hydrogens is 387 g/mol. The zero-order chi connectivity index (χ0) is 21.2. The number of pyridine rings is 1. The Hall–Kier alpha value is -3.16. The predicted molar refractivity (Wildman–Crippen MR) is 104 cm³/mol. The van der Waals surface area contributed by atoms with Crippen LogP contribution in [0, 0.1) is 0 Å². The number of methoxy groups -OCH3 is 2. The molecule has 0 radical (unpaired) electrons. The minimum absolute atomic E-state index is 0.00880. The summed E-state index contributed by atoms with van der Waals surface area (Å²) in [5.74, 6) is 0.996. The van der Waals surface area contributed by atoms with E-state index in [0.29, 0.717) is 30.1 Å². The van der Waals surface area contributed by atoms with Gasteiger partial charge in [-0.05, 0) is 30.7 Å². The van der Waals surface area contributed by atoms with E-state index in [1.54, 1.807) is 18.2 Å². The number of aromatic nitrogens is 1. The topological polar surface area (TPSA) is 60.6 Å². The second kappa shape index (κ2) is 8.06. The van der Waals surface area contributed by atoms with Crippen LogP contribution in [0.25, 0.3) is 22.0 Å². The standard InChI is InChI=1S/C21H20F3NO4/c1-4-9-29-16-8-7-15(21(22,23)24)18-19(16)25-11-14(20(18)26)13-6-5-12(27-2)10-17(13)28-3/h5-8,10-11H,4,9H2,1-3H3,(H,25,26). The average Bonchev–Trinajstić information content (AvgIpc) is 2.71. The minimum atomic E-state index is -4.70. The van der Waals surface area contributed by atoms with Gasteiger partial charge in [-0.1, -0.05) is 6.92 Å². The van der Waals surface area contributed by atoms with E-state index in [2.05, 4.69) is 4.98 Å². The van der Waals surface area contributed by atoms with E-state index in [9.17, 15) is 18.0 Å². The van der Waals surface area contributed by atoms with Gasteiger partial charge < -0.3 is 19.2 Å². The van der Waals surface area contributed by atoms with Crippen molar-refractivity contribution in [1.29, 1.82) is 0 Å². The number of hydrogen-bond acceptors (Lipinski definition) is 4. The molecule has 29 heavy (non-hydrogen) atoms. The van der Waals surface area contributed by atoms with Gasteiger partial charge in [0.25, 0.3) is 0 Å². The smallest absolute Gasteiger partial charge is 0.417 e. The molecule has 0 aliphatic heterocycles. The van der Waals surface area contributed by atoms with Crippen molar-refractivity contribution in [3.63, 3.8) is 0 Å². The SMILES string of the molecule is CCCOc1ccc(C(F)(F)F)c2c(=O)c(-c3ccc(OC)cc3OC)c[nH]c12. The molecule has 0 bridgehead atoms. The molecule has 0 saturated heterocycles. The van der Waals surface area contributed by atoms with Crippen LogP contribution < -0.4 is 19.6 Å². The van der Waals surface area contributed by atoms with Crippen LogP contribution in [0.15, 0.2) is 41.3 Å². The Bertz CT molecular complexity index is 1090. The second-order valence-corrected chi connectivity index (χ2v) is 6.31. The highest BCUT2D eigenvalue weighted by atomic mass is 19.4. The van der Waals surface area contributed by atoms with Crippen LogP contribution in [0.1, 0.15) is 18.9 Å². The van der Waals surface area contributed by atoms with Gasteiger partial charge >= 0.3 is 6.18 Å². The maximum Gasteiger partial charge on any atom is 0.417 e. The van der Waals surface area contributed by atoms with Gasteiger partial charge in [0.1, 0.15) is 17.2 Å². The van der Waals surface area contributed by atoms with Gasteiger partial charge in [-0.15, -0.1) is 0 Å². The molecule has 3 rings (SSSR count). The van der Waals surface area contributed by atoms with E-state index in [4.69, 9.17) is 14.2 Å². The molecule has 154 valence electrons. The summed E-state index contributed by atoms with van der Waals surface area (Å²) in [6.07, 6.45) is -2.65. The molecule has 0 unspecified atom stereocenters. The van der Waals surface area contributed by atoms with Gasteiger partial charge in [-0.25, -0.2) is 0 Å². The number of ether oxygens (including phenoxy) is 3. The van der Waals surface area contributed by atoms with Crippen LogP contribution in [0.4, 0.5) is 13.2 Å². The van der Waals surface area contributed by atoms with Crippen molar-refractivity contribution in [2.24, 2.45) is 0 Å². The number of benzene rings is 2. The largest absolute Gasteiger partial charge is 0.497 e. The molecule has 1 heterocycles.